The fraction of sp³-hybridized carbons (Fsp3) is 0.211. The van der Waals surface area contributed by atoms with E-state index in [1.165, 1.54) is 17.0 Å². The molecule has 1 aliphatic heterocycles. The van der Waals surface area contributed by atoms with Gasteiger partial charge in [-0.25, -0.2) is 4.39 Å². The number of amides is 2. The van der Waals surface area contributed by atoms with E-state index in [-0.39, 0.29) is 30.6 Å². The number of carbonyl (C=O) groups is 2. The minimum Gasteiger partial charge on any atom is -0.278 e. The molecule has 1 atom stereocenters. The molecule has 2 amide bonds. The number of benzene rings is 2. The van der Waals surface area contributed by atoms with Crippen LogP contribution in [0.15, 0.2) is 48.5 Å². The van der Waals surface area contributed by atoms with Gasteiger partial charge < -0.3 is 0 Å². The SMILES string of the molecule is N#Cc1ccc(CN2C(=O)CC(Cc3ccc(F)cc3)C2=O)cc1. The monoisotopic (exact) mass is 322 g/mol. The van der Waals surface area contributed by atoms with Crippen LogP contribution < -0.4 is 0 Å². The van der Waals surface area contributed by atoms with Crippen LogP contribution >= 0.6 is 0 Å². The number of carbonyl (C=O) groups excluding carboxylic acids is 2. The lowest BCUT2D eigenvalue weighted by Crippen LogP contribution is -2.30. The maximum absolute atomic E-state index is 12.9. The van der Waals surface area contributed by atoms with Gasteiger partial charge in [-0.05, 0) is 41.8 Å². The summed E-state index contributed by atoms with van der Waals surface area (Å²) in [6.45, 7) is 0.212. The van der Waals surface area contributed by atoms with Crippen molar-refractivity contribution in [3.8, 4) is 6.07 Å². The molecule has 1 aliphatic rings. The van der Waals surface area contributed by atoms with Crippen LogP contribution in [0.4, 0.5) is 4.39 Å². The Balaban J connectivity index is 1.69. The third-order valence-electron chi connectivity index (χ3n) is 4.16. The average Bonchev–Trinajstić information content (AvgIpc) is 2.85. The molecule has 2 aromatic rings. The molecule has 0 radical (unpaired) electrons. The number of rotatable bonds is 4. The van der Waals surface area contributed by atoms with Gasteiger partial charge >= 0.3 is 0 Å². The summed E-state index contributed by atoms with van der Waals surface area (Å²) in [5.41, 5.74) is 2.17. The van der Waals surface area contributed by atoms with Crippen molar-refractivity contribution in [1.82, 2.24) is 4.90 Å². The Labute approximate surface area is 139 Å². The first-order valence-electron chi connectivity index (χ1n) is 7.64. The molecule has 5 heteroatoms. The van der Waals surface area contributed by atoms with Gasteiger partial charge in [0.15, 0.2) is 0 Å². The summed E-state index contributed by atoms with van der Waals surface area (Å²) in [4.78, 5) is 25.9. The number of nitriles is 1. The molecule has 1 saturated heterocycles. The highest BCUT2D eigenvalue weighted by Crippen LogP contribution is 2.25. The van der Waals surface area contributed by atoms with Crippen LogP contribution in [-0.2, 0) is 22.6 Å². The van der Waals surface area contributed by atoms with E-state index in [1.54, 1.807) is 36.4 Å². The molecule has 0 aromatic heterocycles. The molecule has 1 fully saturated rings. The molecule has 0 spiro atoms. The molecule has 120 valence electrons. The van der Waals surface area contributed by atoms with Crippen molar-refractivity contribution in [2.75, 3.05) is 0 Å². The van der Waals surface area contributed by atoms with E-state index in [0.717, 1.165) is 11.1 Å². The molecule has 1 unspecified atom stereocenters. The van der Waals surface area contributed by atoms with E-state index in [9.17, 15) is 14.0 Å². The molecule has 3 rings (SSSR count). The summed E-state index contributed by atoms with van der Waals surface area (Å²) in [7, 11) is 0. The number of hydrogen-bond acceptors (Lipinski definition) is 3. The van der Waals surface area contributed by atoms with Gasteiger partial charge in [0.2, 0.25) is 11.8 Å². The Morgan fingerprint density at radius 3 is 2.29 bits per heavy atom. The molecular weight excluding hydrogens is 307 g/mol. The Morgan fingerprint density at radius 1 is 1.04 bits per heavy atom. The van der Waals surface area contributed by atoms with Crippen molar-refractivity contribution in [3.05, 3.63) is 71.0 Å². The molecule has 2 aromatic carbocycles. The second-order valence-corrected chi connectivity index (χ2v) is 5.86. The van der Waals surface area contributed by atoms with Crippen LogP contribution in [0.5, 0.6) is 0 Å². The largest absolute Gasteiger partial charge is 0.278 e. The van der Waals surface area contributed by atoms with Crippen molar-refractivity contribution in [3.63, 3.8) is 0 Å². The van der Waals surface area contributed by atoms with Crippen molar-refractivity contribution in [1.29, 1.82) is 5.26 Å². The molecule has 0 bridgehead atoms. The fourth-order valence-corrected chi connectivity index (χ4v) is 2.85. The predicted octanol–water partition coefficient (Wildman–Crippen LogP) is 2.82. The van der Waals surface area contributed by atoms with Crippen molar-refractivity contribution < 1.29 is 14.0 Å². The van der Waals surface area contributed by atoms with Crippen LogP contribution in [0, 0.1) is 23.1 Å². The van der Waals surface area contributed by atoms with Gasteiger partial charge in [0.25, 0.3) is 0 Å². The number of halogens is 1. The number of nitrogens with zero attached hydrogens (tertiary/aromatic N) is 2. The molecule has 0 aliphatic carbocycles. The number of likely N-dealkylation sites (tertiary alicyclic amines) is 1. The highest BCUT2D eigenvalue weighted by molar-refractivity contribution is 6.03. The zero-order chi connectivity index (χ0) is 17.1. The minimum atomic E-state index is -0.402. The van der Waals surface area contributed by atoms with Crippen LogP contribution in [0.2, 0.25) is 0 Å². The summed E-state index contributed by atoms with van der Waals surface area (Å²) in [6.07, 6.45) is 0.598. The lowest BCUT2D eigenvalue weighted by atomic mass is 9.98. The second-order valence-electron chi connectivity index (χ2n) is 5.86. The topological polar surface area (TPSA) is 61.2 Å². The molecule has 4 nitrogen and oxygen atoms in total. The first-order valence-corrected chi connectivity index (χ1v) is 7.64. The van der Waals surface area contributed by atoms with Crippen molar-refractivity contribution >= 4 is 11.8 Å². The lowest BCUT2D eigenvalue weighted by Gasteiger charge is -2.15. The van der Waals surface area contributed by atoms with Crippen molar-refractivity contribution in [2.45, 2.75) is 19.4 Å². The first kappa shape index (κ1) is 15.9. The number of hydrogen-bond donors (Lipinski definition) is 0. The third-order valence-corrected chi connectivity index (χ3v) is 4.16. The van der Waals surface area contributed by atoms with E-state index in [1.807, 2.05) is 6.07 Å². The molecule has 24 heavy (non-hydrogen) atoms. The summed E-state index contributed by atoms with van der Waals surface area (Å²) >= 11 is 0. The lowest BCUT2D eigenvalue weighted by molar-refractivity contribution is -0.140. The maximum atomic E-state index is 12.9. The normalized spacial score (nSPS) is 17.2. The van der Waals surface area contributed by atoms with Gasteiger partial charge in [0, 0.05) is 6.42 Å². The second kappa shape index (κ2) is 6.63. The zero-order valence-electron chi connectivity index (χ0n) is 12.9. The molecule has 1 heterocycles. The Kier molecular flexibility index (Phi) is 4.39. The maximum Gasteiger partial charge on any atom is 0.233 e. The Morgan fingerprint density at radius 2 is 1.67 bits per heavy atom. The first-order chi connectivity index (χ1) is 11.6. The van der Waals surface area contributed by atoms with Gasteiger partial charge in [0.05, 0.1) is 24.1 Å². The van der Waals surface area contributed by atoms with Gasteiger partial charge in [-0.3, -0.25) is 14.5 Å². The minimum absolute atomic E-state index is 0.173. The van der Waals surface area contributed by atoms with E-state index in [0.29, 0.717) is 12.0 Å². The van der Waals surface area contributed by atoms with Gasteiger partial charge in [0.1, 0.15) is 5.82 Å². The standard InChI is InChI=1S/C19H15FN2O2/c20-17-7-5-13(6-8-17)9-16-10-18(23)22(19(16)24)12-15-3-1-14(11-21)2-4-15/h1-8,16H,9-10,12H2. The summed E-state index contributed by atoms with van der Waals surface area (Å²) < 4.78 is 12.9. The number of imide groups is 1. The summed E-state index contributed by atoms with van der Waals surface area (Å²) in [6, 6.07) is 14.8. The Hall–Kier alpha value is -3.00. The van der Waals surface area contributed by atoms with Gasteiger partial charge in [-0.1, -0.05) is 24.3 Å². The summed E-state index contributed by atoms with van der Waals surface area (Å²) in [5.74, 6) is -1.12. The van der Waals surface area contributed by atoms with Crippen LogP contribution in [0.1, 0.15) is 23.1 Å². The van der Waals surface area contributed by atoms with E-state index in [4.69, 9.17) is 5.26 Å². The quantitative estimate of drug-likeness (QED) is 0.813. The predicted molar refractivity (Wildman–Crippen MR) is 84.9 cm³/mol. The zero-order valence-corrected chi connectivity index (χ0v) is 12.9. The van der Waals surface area contributed by atoms with Gasteiger partial charge in [-0.15, -0.1) is 0 Å². The van der Waals surface area contributed by atoms with Crippen molar-refractivity contribution in [2.24, 2.45) is 5.92 Å². The van der Waals surface area contributed by atoms with Crippen LogP contribution in [0.3, 0.4) is 0 Å². The van der Waals surface area contributed by atoms with Crippen LogP contribution in [0.25, 0.3) is 0 Å². The van der Waals surface area contributed by atoms with E-state index < -0.39 is 5.92 Å². The summed E-state index contributed by atoms with van der Waals surface area (Å²) in [5, 5.41) is 8.80. The smallest absolute Gasteiger partial charge is 0.233 e. The fourth-order valence-electron chi connectivity index (χ4n) is 2.85. The average molecular weight is 322 g/mol. The van der Waals surface area contributed by atoms with E-state index >= 15 is 0 Å². The Bertz CT molecular complexity index is 807. The highest BCUT2D eigenvalue weighted by Gasteiger charge is 2.38. The highest BCUT2D eigenvalue weighted by atomic mass is 19.1. The molecule has 0 N–H and O–H groups in total. The van der Waals surface area contributed by atoms with Gasteiger partial charge in [-0.2, -0.15) is 5.26 Å². The van der Waals surface area contributed by atoms with E-state index in [2.05, 4.69) is 0 Å². The molecule has 0 saturated carbocycles. The van der Waals surface area contributed by atoms with Crippen LogP contribution in [-0.4, -0.2) is 16.7 Å². The molecular formula is C19H15FN2O2. The third kappa shape index (κ3) is 3.33.